The van der Waals surface area contributed by atoms with Gasteiger partial charge in [-0.3, -0.25) is 9.98 Å². The van der Waals surface area contributed by atoms with E-state index in [1.807, 2.05) is 39.2 Å². The summed E-state index contributed by atoms with van der Waals surface area (Å²) in [6.07, 6.45) is 12.8. The molecule has 28 heavy (non-hydrogen) atoms. The summed E-state index contributed by atoms with van der Waals surface area (Å²) in [5.41, 5.74) is 8.14. The van der Waals surface area contributed by atoms with Crippen molar-refractivity contribution in [2.75, 3.05) is 0 Å². The summed E-state index contributed by atoms with van der Waals surface area (Å²) in [6.45, 7) is 10.7. The van der Waals surface area contributed by atoms with E-state index in [0.29, 0.717) is 5.92 Å². The molecular weight excluding hydrogens is 344 g/mol. The molecule has 0 radical (unpaired) electrons. The van der Waals surface area contributed by atoms with Crippen LogP contribution in [0.2, 0.25) is 0 Å². The third kappa shape index (κ3) is 4.01. The molecule has 0 amide bonds. The van der Waals surface area contributed by atoms with E-state index in [2.05, 4.69) is 47.6 Å². The molecule has 0 N–H and O–H groups in total. The van der Waals surface area contributed by atoms with Gasteiger partial charge >= 0.3 is 0 Å². The molecule has 1 atom stereocenters. The van der Waals surface area contributed by atoms with Crippen LogP contribution in [-0.4, -0.2) is 20.2 Å². The van der Waals surface area contributed by atoms with Crippen LogP contribution in [0.1, 0.15) is 69.7 Å². The largest absolute Gasteiger partial charge is 0.331 e. The van der Waals surface area contributed by atoms with Crippen molar-refractivity contribution in [2.24, 2.45) is 18.0 Å². The van der Waals surface area contributed by atoms with Gasteiger partial charge in [0.2, 0.25) is 0 Å². The molecule has 3 rings (SSSR count). The molecule has 4 nitrogen and oxygen atoms in total. The van der Waals surface area contributed by atoms with Crippen LogP contribution in [0.15, 0.2) is 35.1 Å². The number of aromatic nitrogens is 3. The molecule has 1 aliphatic rings. The molecule has 2 heterocycles. The van der Waals surface area contributed by atoms with Gasteiger partial charge in [-0.1, -0.05) is 44.4 Å². The molecule has 0 spiro atoms. The SMILES string of the molecule is C/C=C\N=C(C)c1cc(-c2cnc(C)n2C)c2c(n1)CC([C@@H](C)CCCC)=C2. The summed E-state index contributed by atoms with van der Waals surface area (Å²) in [5, 5.41) is 0. The van der Waals surface area contributed by atoms with E-state index >= 15 is 0 Å². The normalized spacial score (nSPS) is 15.2. The highest BCUT2D eigenvalue weighted by Crippen LogP contribution is 2.37. The molecular formula is C24H32N4. The Labute approximate surface area is 169 Å². The quantitative estimate of drug-likeness (QED) is 0.565. The van der Waals surface area contributed by atoms with E-state index < -0.39 is 0 Å². The first-order valence-corrected chi connectivity index (χ1v) is 10.3. The number of aryl methyl sites for hydroxylation is 1. The molecule has 0 aromatic carbocycles. The predicted molar refractivity (Wildman–Crippen MR) is 119 cm³/mol. The summed E-state index contributed by atoms with van der Waals surface area (Å²) >= 11 is 0. The highest BCUT2D eigenvalue weighted by Gasteiger charge is 2.24. The van der Waals surface area contributed by atoms with Crippen LogP contribution in [0.4, 0.5) is 0 Å². The third-order valence-electron chi connectivity index (χ3n) is 5.75. The highest BCUT2D eigenvalue weighted by molar-refractivity contribution is 5.99. The maximum Gasteiger partial charge on any atom is 0.105 e. The highest BCUT2D eigenvalue weighted by atomic mass is 15.1. The minimum Gasteiger partial charge on any atom is -0.331 e. The molecule has 0 saturated heterocycles. The standard InChI is InChI=1S/C24H32N4/c1-7-9-10-16(3)19-12-20-21(24-15-26-18(5)28(24)6)14-22(27-23(20)13-19)17(4)25-11-8-2/h8,11-12,14-16H,7,9-10,13H2,1-6H3/b11-8-,25-17?/t16-/m0/s1. The fourth-order valence-electron chi connectivity index (χ4n) is 3.75. The number of hydrogen-bond acceptors (Lipinski definition) is 3. The number of nitrogens with zero attached hydrogens (tertiary/aromatic N) is 4. The summed E-state index contributed by atoms with van der Waals surface area (Å²) < 4.78 is 2.16. The average molecular weight is 377 g/mol. The molecule has 0 aliphatic heterocycles. The summed E-state index contributed by atoms with van der Waals surface area (Å²) in [7, 11) is 2.08. The van der Waals surface area contributed by atoms with E-state index in [1.54, 1.807) is 0 Å². The number of unbranched alkanes of at least 4 members (excludes halogenated alkanes) is 1. The van der Waals surface area contributed by atoms with Gasteiger partial charge in [-0.25, -0.2) is 4.98 Å². The number of fused-ring (bicyclic) bond motifs is 1. The van der Waals surface area contributed by atoms with E-state index in [-0.39, 0.29) is 0 Å². The van der Waals surface area contributed by atoms with Crippen LogP contribution < -0.4 is 0 Å². The Morgan fingerprint density at radius 3 is 2.82 bits per heavy atom. The van der Waals surface area contributed by atoms with Crippen molar-refractivity contribution in [1.29, 1.82) is 0 Å². The van der Waals surface area contributed by atoms with E-state index in [1.165, 1.54) is 41.7 Å². The van der Waals surface area contributed by atoms with Crippen LogP contribution in [0, 0.1) is 12.8 Å². The van der Waals surface area contributed by atoms with Crippen molar-refractivity contribution in [1.82, 2.24) is 14.5 Å². The summed E-state index contributed by atoms with van der Waals surface area (Å²) in [6, 6.07) is 2.17. The topological polar surface area (TPSA) is 43.1 Å². The van der Waals surface area contributed by atoms with Gasteiger partial charge < -0.3 is 4.57 Å². The number of hydrogen-bond donors (Lipinski definition) is 0. The number of pyridine rings is 1. The zero-order valence-electron chi connectivity index (χ0n) is 18.1. The van der Waals surface area contributed by atoms with Gasteiger partial charge in [-0.05, 0) is 39.2 Å². The average Bonchev–Trinajstić information content (AvgIpc) is 3.27. The lowest BCUT2D eigenvalue weighted by Crippen LogP contribution is -2.06. The number of rotatable bonds is 7. The first kappa shape index (κ1) is 20.2. The van der Waals surface area contributed by atoms with Crippen molar-refractivity contribution in [3.8, 4) is 11.3 Å². The van der Waals surface area contributed by atoms with Crippen LogP contribution in [-0.2, 0) is 13.5 Å². The summed E-state index contributed by atoms with van der Waals surface area (Å²) in [4.78, 5) is 14.0. The van der Waals surface area contributed by atoms with Crippen LogP contribution in [0.25, 0.3) is 17.3 Å². The predicted octanol–water partition coefficient (Wildman–Crippen LogP) is 5.90. The van der Waals surface area contributed by atoms with Crippen molar-refractivity contribution in [3.05, 3.63) is 52.9 Å². The third-order valence-corrected chi connectivity index (χ3v) is 5.75. The molecule has 0 unspecified atom stereocenters. The second-order valence-corrected chi connectivity index (χ2v) is 7.80. The lowest BCUT2D eigenvalue weighted by Gasteiger charge is -2.12. The first-order chi connectivity index (χ1) is 13.5. The molecule has 2 aromatic heterocycles. The van der Waals surface area contributed by atoms with Crippen molar-refractivity contribution in [2.45, 2.75) is 60.3 Å². The maximum absolute atomic E-state index is 5.00. The molecule has 2 aromatic rings. The van der Waals surface area contributed by atoms with Gasteiger partial charge in [0.25, 0.3) is 0 Å². The lowest BCUT2D eigenvalue weighted by atomic mass is 9.94. The van der Waals surface area contributed by atoms with Gasteiger partial charge in [-0.2, -0.15) is 0 Å². The van der Waals surface area contributed by atoms with Gasteiger partial charge in [0.15, 0.2) is 0 Å². The van der Waals surface area contributed by atoms with Gasteiger partial charge in [0.05, 0.1) is 29.0 Å². The molecule has 0 bridgehead atoms. The Kier molecular flexibility index (Phi) is 6.28. The minimum atomic E-state index is 0.594. The van der Waals surface area contributed by atoms with Gasteiger partial charge in [0.1, 0.15) is 5.82 Å². The van der Waals surface area contributed by atoms with E-state index in [9.17, 15) is 0 Å². The second kappa shape index (κ2) is 8.68. The molecule has 0 saturated carbocycles. The van der Waals surface area contributed by atoms with Gasteiger partial charge in [-0.15, -0.1) is 0 Å². The number of aliphatic imine (C=N–C) groups is 1. The van der Waals surface area contributed by atoms with Crippen LogP contribution in [0.5, 0.6) is 0 Å². The van der Waals surface area contributed by atoms with Crippen LogP contribution in [0.3, 0.4) is 0 Å². The Morgan fingerprint density at radius 2 is 2.18 bits per heavy atom. The van der Waals surface area contributed by atoms with E-state index in [4.69, 9.17) is 4.98 Å². The first-order valence-electron chi connectivity index (χ1n) is 10.3. The lowest BCUT2D eigenvalue weighted by molar-refractivity contribution is 0.566. The Morgan fingerprint density at radius 1 is 1.39 bits per heavy atom. The molecule has 148 valence electrons. The molecule has 4 heteroatoms. The van der Waals surface area contributed by atoms with Crippen molar-refractivity contribution in [3.63, 3.8) is 0 Å². The van der Waals surface area contributed by atoms with Crippen molar-refractivity contribution >= 4 is 11.8 Å². The zero-order valence-corrected chi connectivity index (χ0v) is 18.1. The number of allylic oxidation sites excluding steroid dienone is 2. The Bertz CT molecular complexity index is 944. The zero-order chi connectivity index (χ0) is 20.3. The smallest absolute Gasteiger partial charge is 0.105 e. The second-order valence-electron chi connectivity index (χ2n) is 7.80. The van der Waals surface area contributed by atoms with Gasteiger partial charge in [0, 0.05) is 30.8 Å². The monoisotopic (exact) mass is 376 g/mol. The van der Waals surface area contributed by atoms with Crippen molar-refractivity contribution < 1.29 is 0 Å². The molecule has 1 aliphatic carbocycles. The fourth-order valence-corrected chi connectivity index (χ4v) is 3.75. The Balaban J connectivity index is 2.10. The fraction of sp³-hybridized carbons (Fsp3) is 0.458. The Hall–Kier alpha value is -2.49. The van der Waals surface area contributed by atoms with Crippen LogP contribution >= 0.6 is 0 Å². The number of imidazole rings is 1. The summed E-state index contributed by atoms with van der Waals surface area (Å²) in [5.74, 6) is 1.61. The maximum atomic E-state index is 5.00. The molecule has 0 fully saturated rings. The van der Waals surface area contributed by atoms with E-state index in [0.717, 1.165) is 29.3 Å². The minimum absolute atomic E-state index is 0.594.